The predicted octanol–water partition coefficient (Wildman–Crippen LogP) is 11.1. The van der Waals surface area contributed by atoms with Crippen LogP contribution in [0, 0.1) is 0 Å². The molecule has 0 atom stereocenters. The molecule has 0 fully saturated rings. The molecule has 0 aliphatic rings. The van der Waals surface area contributed by atoms with Crippen molar-refractivity contribution >= 4 is 66.3 Å². The zero-order chi connectivity index (χ0) is 27.3. The van der Waals surface area contributed by atoms with Gasteiger partial charge in [0.15, 0.2) is 0 Å². The molecule has 7 aromatic carbocycles. The van der Waals surface area contributed by atoms with Gasteiger partial charge in [-0.2, -0.15) is 0 Å². The molecule has 0 aliphatic carbocycles. The van der Waals surface area contributed by atoms with Crippen molar-refractivity contribution in [2.75, 3.05) is 0 Å². The Morgan fingerprint density at radius 3 is 1.61 bits per heavy atom. The summed E-state index contributed by atoms with van der Waals surface area (Å²) in [6.07, 6.45) is 4.43. The summed E-state index contributed by atoms with van der Waals surface area (Å²) in [5.41, 5.74) is 7.49. The predicted molar refractivity (Wildman–Crippen MR) is 178 cm³/mol. The highest BCUT2D eigenvalue weighted by Gasteiger charge is 2.10. The molecule has 0 aliphatic heterocycles. The van der Waals surface area contributed by atoms with Gasteiger partial charge in [0.05, 0.1) is 0 Å². The largest absolute Gasteiger partial charge is 0.341 e. The molecule has 1 heteroatoms. The maximum atomic E-state index is 2.40. The van der Waals surface area contributed by atoms with Gasteiger partial charge in [-0.25, -0.2) is 0 Å². The Kier molecular flexibility index (Phi) is 5.50. The fourth-order valence-electron chi connectivity index (χ4n) is 6.58. The Bertz CT molecular complexity index is 2240. The summed E-state index contributed by atoms with van der Waals surface area (Å²) in [5, 5.41) is 10.5. The van der Waals surface area contributed by atoms with E-state index in [9.17, 15) is 0 Å². The van der Waals surface area contributed by atoms with Gasteiger partial charge in [0, 0.05) is 28.4 Å². The number of aromatic nitrogens is 1. The van der Waals surface area contributed by atoms with Gasteiger partial charge in [-0.05, 0) is 85.8 Å². The zero-order valence-corrected chi connectivity index (χ0v) is 23.0. The summed E-state index contributed by atoms with van der Waals surface area (Å²) in [6, 6.07) is 48.8. The third-order valence-corrected chi connectivity index (χ3v) is 8.57. The van der Waals surface area contributed by atoms with Crippen LogP contribution in [-0.4, -0.2) is 4.57 Å². The first-order valence-electron chi connectivity index (χ1n) is 14.4. The molecule has 0 saturated heterocycles. The Labute approximate surface area is 239 Å². The number of rotatable bonds is 4. The standard InChI is InChI=1S/C40H29N/c1-2-41-39-14-8-7-13-36(39)38-25-28(19-24-40(38)41)16-15-27-17-20-29(21-18-27)30-22-23-35-33-11-4-3-9-31(33)32-10-5-6-12-34(32)37(35)26-30/h3-26H,2H2,1H3. The second-order valence-electron chi connectivity index (χ2n) is 10.8. The number of para-hydroxylation sites is 1. The van der Waals surface area contributed by atoms with Crippen LogP contribution in [-0.2, 0) is 6.54 Å². The van der Waals surface area contributed by atoms with Crippen molar-refractivity contribution in [1.29, 1.82) is 0 Å². The number of benzene rings is 7. The SMILES string of the molecule is CCn1c2ccccc2c2cc(C=Cc3ccc(-c4ccc5c6ccccc6c6ccccc6c5c4)cc3)ccc21. The smallest absolute Gasteiger partial charge is 0.0491 e. The van der Waals surface area contributed by atoms with Crippen molar-refractivity contribution in [3.05, 3.63) is 145 Å². The summed E-state index contributed by atoms with van der Waals surface area (Å²) in [4.78, 5) is 0. The minimum Gasteiger partial charge on any atom is -0.341 e. The first-order valence-corrected chi connectivity index (χ1v) is 14.4. The third kappa shape index (κ3) is 3.85. The van der Waals surface area contributed by atoms with Crippen molar-refractivity contribution in [3.63, 3.8) is 0 Å². The van der Waals surface area contributed by atoms with Crippen LogP contribution >= 0.6 is 0 Å². The van der Waals surface area contributed by atoms with Crippen molar-refractivity contribution in [2.45, 2.75) is 13.5 Å². The van der Waals surface area contributed by atoms with Crippen LogP contribution in [0.1, 0.15) is 18.1 Å². The number of fused-ring (bicyclic) bond motifs is 9. The second kappa shape index (κ2) is 9.50. The van der Waals surface area contributed by atoms with Gasteiger partial charge < -0.3 is 4.57 Å². The molecule has 0 saturated carbocycles. The molecule has 8 rings (SSSR count). The molecule has 1 aromatic heterocycles. The number of hydrogen-bond acceptors (Lipinski definition) is 0. The van der Waals surface area contributed by atoms with E-state index in [1.807, 2.05) is 0 Å². The molecular weight excluding hydrogens is 494 g/mol. The number of nitrogens with zero attached hydrogens (tertiary/aromatic N) is 1. The van der Waals surface area contributed by atoms with Gasteiger partial charge in [0.1, 0.15) is 0 Å². The van der Waals surface area contributed by atoms with E-state index in [0.717, 1.165) is 6.54 Å². The highest BCUT2D eigenvalue weighted by molar-refractivity contribution is 6.25. The van der Waals surface area contributed by atoms with Crippen LogP contribution in [0.5, 0.6) is 0 Å². The summed E-state index contributed by atoms with van der Waals surface area (Å²) in [7, 11) is 0. The Morgan fingerprint density at radius 2 is 0.927 bits per heavy atom. The minimum atomic E-state index is 0.968. The maximum absolute atomic E-state index is 2.40. The summed E-state index contributed by atoms with van der Waals surface area (Å²) >= 11 is 0. The van der Waals surface area contributed by atoms with Crippen LogP contribution in [0.15, 0.2) is 133 Å². The third-order valence-electron chi connectivity index (χ3n) is 8.57. The lowest BCUT2D eigenvalue weighted by Gasteiger charge is -2.12. The first-order chi connectivity index (χ1) is 20.3. The summed E-state index contributed by atoms with van der Waals surface area (Å²) < 4.78 is 2.40. The normalized spacial score (nSPS) is 12.0. The van der Waals surface area contributed by atoms with E-state index in [2.05, 4.69) is 157 Å². The van der Waals surface area contributed by atoms with E-state index in [4.69, 9.17) is 0 Å². The van der Waals surface area contributed by atoms with Crippen LogP contribution in [0.2, 0.25) is 0 Å². The number of hydrogen-bond donors (Lipinski definition) is 0. The lowest BCUT2D eigenvalue weighted by molar-refractivity contribution is 0.827. The van der Waals surface area contributed by atoms with E-state index in [1.165, 1.54) is 76.4 Å². The molecule has 8 aromatic rings. The molecule has 0 radical (unpaired) electrons. The van der Waals surface area contributed by atoms with Gasteiger partial charge in [-0.1, -0.05) is 121 Å². The molecule has 0 bridgehead atoms. The van der Waals surface area contributed by atoms with Crippen LogP contribution in [0.25, 0.3) is 77.4 Å². The zero-order valence-electron chi connectivity index (χ0n) is 23.0. The Morgan fingerprint density at radius 1 is 0.415 bits per heavy atom. The van der Waals surface area contributed by atoms with Crippen molar-refractivity contribution in [1.82, 2.24) is 4.57 Å². The highest BCUT2D eigenvalue weighted by atomic mass is 15.0. The van der Waals surface area contributed by atoms with E-state index >= 15 is 0 Å². The van der Waals surface area contributed by atoms with Crippen molar-refractivity contribution in [2.24, 2.45) is 0 Å². The average molecular weight is 524 g/mol. The fraction of sp³-hybridized carbons (Fsp3) is 0.0500. The van der Waals surface area contributed by atoms with Gasteiger partial charge in [-0.3, -0.25) is 0 Å². The van der Waals surface area contributed by atoms with Gasteiger partial charge >= 0.3 is 0 Å². The van der Waals surface area contributed by atoms with E-state index in [-0.39, 0.29) is 0 Å². The lowest BCUT2D eigenvalue weighted by Crippen LogP contribution is -1.92. The molecule has 0 amide bonds. The van der Waals surface area contributed by atoms with Gasteiger partial charge in [-0.15, -0.1) is 0 Å². The minimum absolute atomic E-state index is 0.968. The molecule has 0 unspecified atom stereocenters. The summed E-state index contributed by atoms with van der Waals surface area (Å²) in [6.45, 7) is 3.18. The topological polar surface area (TPSA) is 4.93 Å². The maximum Gasteiger partial charge on any atom is 0.0491 e. The molecule has 0 spiro atoms. The molecule has 194 valence electrons. The molecule has 0 N–H and O–H groups in total. The quantitative estimate of drug-likeness (QED) is 0.160. The summed E-state index contributed by atoms with van der Waals surface area (Å²) in [5.74, 6) is 0. The monoisotopic (exact) mass is 523 g/mol. The highest BCUT2D eigenvalue weighted by Crippen LogP contribution is 2.37. The molecule has 1 nitrogen and oxygen atoms in total. The fourth-order valence-corrected chi connectivity index (χ4v) is 6.58. The molecular formula is C40H29N. The molecule has 1 heterocycles. The lowest BCUT2D eigenvalue weighted by atomic mass is 9.92. The van der Waals surface area contributed by atoms with Crippen LogP contribution in [0.4, 0.5) is 0 Å². The van der Waals surface area contributed by atoms with Crippen LogP contribution in [0.3, 0.4) is 0 Å². The van der Waals surface area contributed by atoms with E-state index < -0.39 is 0 Å². The van der Waals surface area contributed by atoms with E-state index in [1.54, 1.807) is 0 Å². The van der Waals surface area contributed by atoms with Crippen molar-refractivity contribution < 1.29 is 0 Å². The Hall–Kier alpha value is -5.14. The molecule has 41 heavy (non-hydrogen) atoms. The van der Waals surface area contributed by atoms with E-state index in [0.29, 0.717) is 0 Å². The van der Waals surface area contributed by atoms with Crippen LogP contribution < -0.4 is 0 Å². The first kappa shape index (κ1) is 23.7. The van der Waals surface area contributed by atoms with Gasteiger partial charge in [0.25, 0.3) is 0 Å². The second-order valence-corrected chi connectivity index (χ2v) is 10.8. The van der Waals surface area contributed by atoms with Gasteiger partial charge in [0.2, 0.25) is 0 Å². The average Bonchev–Trinajstić information content (AvgIpc) is 3.37. The number of aryl methyl sites for hydroxylation is 1. The van der Waals surface area contributed by atoms with Crippen molar-refractivity contribution in [3.8, 4) is 11.1 Å². The Balaban J connectivity index is 1.14.